The molecule has 0 radical (unpaired) electrons. The Morgan fingerprint density at radius 2 is 1.93 bits per heavy atom. The molecule has 0 saturated heterocycles. The number of nitrogens with two attached hydrogens (primary N) is 1. The van der Waals surface area contributed by atoms with Gasteiger partial charge >= 0.3 is 0 Å². The molecule has 0 aliphatic carbocycles. The van der Waals surface area contributed by atoms with Gasteiger partial charge in [-0.1, -0.05) is 44.4 Å². The average molecular weight is 230 g/mol. The van der Waals surface area contributed by atoms with Crippen LogP contribution in [0.5, 0.6) is 0 Å². The smallest absolute Gasteiger partial charge is 0.129 e. The van der Waals surface area contributed by atoms with Crippen molar-refractivity contribution in [2.24, 2.45) is 11.7 Å². The van der Waals surface area contributed by atoms with Crippen molar-refractivity contribution in [3.8, 4) is 0 Å². The van der Waals surface area contributed by atoms with E-state index in [1.54, 1.807) is 12.1 Å². The predicted molar refractivity (Wildman–Crippen MR) is 62.4 cm³/mol. The summed E-state index contributed by atoms with van der Waals surface area (Å²) >= 11 is 5.69. The topological polar surface area (TPSA) is 26.0 Å². The summed E-state index contributed by atoms with van der Waals surface area (Å²) in [5, 5.41) is 0.410. The van der Waals surface area contributed by atoms with Gasteiger partial charge in [0.1, 0.15) is 5.82 Å². The van der Waals surface area contributed by atoms with Crippen LogP contribution in [0, 0.1) is 11.7 Å². The molecular weight excluding hydrogens is 213 g/mol. The van der Waals surface area contributed by atoms with Crippen LogP contribution in [0.4, 0.5) is 4.39 Å². The Morgan fingerprint density at radius 1 is 1.33 bits per heavy atom. The summed E-state index contributed by atoms with van der Waals surface area (Å²) in [6.45, 7) is 4.14. The van der Waals surface area contributed by atoms with Crippen molar-refractivity contribution < 1.29 is 4.39 Å². The summed E-state index contributed by atoms with van der Waals surface area (Å²) < 4.78 is 13.6. The first-order valence-corrected chi connectivity index (χ1v) is 5.68. The predicted octanol–water partition coefficient (Wildman–Crippen LogP) is 3.92. The number of halogens is 2. The fraction of sp³-hybridized carbons (Fsp3) is 0.500. The van der Waals surface area contributed by atoms with Crippen molar-refractivity contribution in [3.05, 3.63) is 34.6 Å². The third-order valence-corrected chi connectivity index (χ3v) is 3.11. The molecule has 0 spiro atoms. The maximum atomic E-state index is 13.6. The molecule has 15 heavy (non-hydrogen) atoms. The van der Waals surface area contributed by atoms with Gasteiger partial charge in [-0.2, -0.15) is 0 Å². The highest BCUT2D eigenvalue weighted by Gasteiger charge is 2.19. The molecule has 1 rings (SSSR count). The van der Waals surface area contributed by atoms with Crippen LogP contribution in [0.25, 0.3) is 0 Å². The molecule has 84 valence electrons. The maximum absolute atomic E-state index is 13.6. The fourth-order valence-electron chi connectivity index (χ4n) is 1.82. The summed E-state index contributed by atoms with van der Waals surface area (Å²) in [6.07, 6.45) is 1.92. The van der Waals surface area contributed by atoms with Crippen molar-refractivity contribution in [3.63, 3.8) is 0 Å². The van der Waals surface area contributed by atoms with E-state index in [4.69, 9.17) is 17.3 Å². The van der Waals surface area contributed by atoms with Gasteiger partial charge in [0.2, 0.25) is 0 Å². The molecule has 1 nitrogen and oxygen atoms in total. The van der Waals surface area contributed by atoms with E-state index in [-0.39, 0.29) is 11.9 Å². The van der Waals surface area contributed by atoms with Crippen LogP contribution in [0.3, 0.4) is 0 Å². The van der Waals surface area contributed by atoms with Crippen LogP contribution in [0.2, 0.25) is 5.02 Å². The van der Waals surface area contributed by atoms with E-state index in [1.165, 1.54) is 6.07 Å². The first kappa shape index (κ1) is 12.5. The van der Waals surface area contributed by atoms with E-state index in [0.717, 1.165) is 12.8 Å². The zero-order chi connectivity index (χ0) is 11.4. The summed E-state index contributed by atoms with van der Waals surface area (Å²) in [5.74, 6) is 0.0163. The Balaban J connectivity index is 2.94. The molecule has 0 heterocycles. The average Bonchev–Trinajstić information content (AvgIpc) is 2.19. The summed E-state index contributed by atoms with van der Waals surface area (Å²) in [4.78, 5) is 0. The highest BCUT2D eigenvalue weighted by molar-refractivity contribution is 6.30. The lowest BCUT2D eigenvalue weighted by molar-refractivity contribution is 0.394. The minimum absolute atomic E-state index is 0.239. The summed E-state index contributed by atoms with van der Waals surface area (Å²) in [6, 6.07) is 4.44. The van der Waals surface area contributed by atoms with Crippen molar-refractivity contribution in [1.82, 2.24) is 0 Å². The standard InChI is InChI=1S/C12H17ClFN/c1-3-8(4-2)12(15)10-6-5-9(13)7-11(10)14/h5-8,12H,3-4,15H2,1-2H3. The van der Waals surface area contributed by atoms with E-state index in [2.05, 4.69) is 13.8 Å². The molecule has 1 unspecified atom stereocenters. The molecule has 0 aliphatic heterocycles. The third kappa shape index (κ3) is 2.93. The van der Waals surface area contributed by atoms with Crippen molar-refractivity contribution in [1.29, 1.82) is 0 Å². The van der Waals surface area contributed by atoms with E-state index in [9.17, 15) is 4.39 Å². The first-order valence-electron chi connectivity index (χ1n) is 5.30. The Morgan fingerprint density at radius 3 is 2.40 bits per heavy atom. The Hall–Kier alpha value is -0.600. The van der Waals surface area contributed by atoms with Gasteiger partial charge in [-0.25, -0.2) is 4.39 Å². The van der Waals surface area contributed by atoms with Gasteiger partial charge in [-0.3, -0.25) is 0 Å². The quantitative estimate of drug-likeness (QED) is 0.832. The van der Waals surface area contributed by atoms with Crippen LogP contribution in [-0.4, -0.2) is 0 Å². The Bertz CT molecular complexity index is 323. The van der Waals surface area contributed by atoms with Crippen molar-refractivity contribution in [2.45, 2.75) is 32.7 Å². The Labute approximate surface area is 95.4 Å². The third-order valence-electron chi connectivity index (χ3n) is 2.88. The van der Waals surface area contributed by atoms with Crippen molar-refractivity contribution in [2.75, 3.05) is 0 Å². The van der Waals surface area contributed by atoms with Gasteiger partial charge in [-0.05, 0) is 18.1 Å². The maximum Gasteiger partial charge on any atom is 0.129 e. The van der Waals surface area contributed by atoms with Gasteiger partial charge in [0, 0.05) is 16.6 Å². The van der Waals surface area contributed by atoms with Crippen LogP contribution < -0.4 is 5.73 Å². The zero-order valence-corrected chi connectivity index (χ0v) is 9.89. The second-order valence-corrected chi connectivity index (χ2v) is 4.20. The van der Waals surface area contributed by atoms with Gasteiger partial charge in [0.05, 0.1) is 0 Å². The van der Waals surface area contributed by atoms with Gasteiger partial charge in [-0.15, -0.1) is 0 Å². The number of benzene rings is 1. The minimum Gasteiger partial charge on any atom is -0.324 e. The summed E-state index contributed by atoms with van der Waals surface area (Å²) in [5.41, 5.74) is 6.59. The Kier molecular flexibility index (Phi) is 4.55. The number of hydrogen-bond acceptors (Lipinski definition) is 1. The molecule has 0 bridgehead atoms. The molecular formula is C12H17ClFN. The van der Waals surface area contributed by atoms with Crippen LogP contribution >= 0.6 is 11.6 Å². The lowest BCUT2D eigenvalue weighted by Gasteiger charge is -2.22. The largest absolute Gasteiger partial charge is 0.324 e. The number of rotatable bonds is 4. The minimum atomic E-state index is -0.304. The zero-order valence-electron chi connectivity index (χ0n) is 9.13. The number of hydrogen-bond donors (Lipinski definition) is 1. The van der Waals surface area contributed by atoms with Gasteiger partial charge < -0.3 is 5.73 Å². The highest BCUT2D eigenvalue weighted by Crippen LogP contribution is 2.28. The first-order chi connectivity index (χ1) is 7.10. The SMILES string of the molecule is CCC(CC)C(N)c1ccc(Cl)cc1F. The van der Waals surface area contributed by atoms with E-state index < -0.39 is 0 Å². The van der Waals surface area contributed by atoms with Crippen LogP contribution in [-0.2, 0) is 0 Å². The van der Waals surface area contributed by atoms with E-state index >= 15 is 0 Å². The molecule has 0 amide bonds. The molecule has 0 aromatic heterocycles. The second-order valence-electron chi connectivity index (χ2n) is 3.77. The monoisotopic (exact) mass is 229 g/mol. The molecule has 1 aromatic carbocycles. The molecule has 0 aliphatic rings. The van der Waals surface area contributed by atoms with Crippen molar-refractivity contribution >= 4 is 11.6 Å². The van der Waals surface area contributed by atoms with Crippen LogP contribution in [0.1, 0.15) is 38.3 Å². The molecule has 0 fully saturated rings. The van der Waals surface area contributed by atoms with Gasteiger partial charge in [0.15, 0.2) is 0 Å². The summed E-state index contributed by atoms with van der Waals surface area (Å²) in [7, 11) is 0. The lowest BCUT2D eigenvalue weighted by atomic mass is 9.89. The highest BCUT2D eigenvalue weighted by atomic mass is 35.5. The molecule has 3 heteroatoms. The molecule has 2 N–H and O–H groups in total. The normalized spacial score (nSPS) is 13.2. The van der Waals surface area contributed by atoms with E-state index in [1.807, 2.05) is 0 Å². The fourth-order valence-corrected chi connectivity index (χ4v) is 1.98. The lowest BCUT2D eigenvalue weighted by Crippen LogP contribution is -2.21. The second kappa shape index (κ2) is 5.47. The molecule has 1 aromatic rings. The van der Waals surface area contributed by atoms with E-state index in [0.29, 0.717) is 16.5 Å². The molecule has 0 saturated carbocycles. The van der Waals surface area contributed by atoms with Crippen LogP contribution in [0.15, 0.2) is 18.2 Å². The van der Waals surface area contributed by atoms with Gasteiger partial charge in [0.25, 0.3) is 0 Å². The molecule has 1 atom stereocenters.